The van der Waals surface area contributed by atoms with E-state index in [2.05, 4.69) is 11.0 Å². The van der Waals surface area contributed by atoms with Crippen LogP contribution in [0.5, 0.6) is 0 Å². The highest BCUT2D eigenvalue weighted by atomic mass is 15.4. The zero-order valence-corrected chi connectivity index (χ0v) is 15.2. The van der Waals surface area contributed by atoms with Crippen molar-refractivity contribution in [3.8, 4) is 6.07 Å². The van der Waals surface area contributed by atoms with E-state index in [9.17, 15) is 5.26 Å². The zero-order chi connectivity index (χ0) is 19.3. The Labute approximate surface area is 154 Å². The molecule has 1 aliphatic heterocycles. The van der Waals surface area contributed by atoms with Crippen LogP contribution in [0, 0.1) is 28.1 Å². The van der Waals surface area contributed by atoms with Gasteiger partial charge in [-0.1, -0.05) is 12.1 Å². The SMILES string of the molecule is CN(C=N)C(=N)C1CCN(c2c(C#N)cccc2/C(=C/N)N(C)N)CC1. The molecule has 0 atom stereocenters. The molecule has 0 spiro atoms. The normalized spacial score (nSPS) is 15.3. The highest BCUT2D eigenvalue weighted by molar-refractivity contribution is 5.90. The molecule has 1 aliphatic rings. The van der Waals surface area contributed by atoms with Crippen molar-refractivity contribution in [2.75, 3.05) is 32.1 Å². The van der Waals surface area contributed by atoms with Gasteiger partial charge in [-0.25, -0.2) is 5.84 Å². The average Bonchev–Trinajstić information content (AvgIpc) is 2.67. The van der Waals surface area contributed by atoms with E-state index < -0.39 is 0 Å². The zero-order valence-electron chi connectivity index (χ0n) is 15.2. The van der Waals surface area contributed by atoms with E-state index in [0.29, 0.717) is 17.1 Å². The molecule has 138 valence electrons. The summed E-state index contributed by atoms with van der Waals surface area (Å²) in [6.45, 7) is 1.44. The number of piperidine rings is 1. The Kier molecular flexibility index (Phi) is 6.20. The number of anilines is 1. The van der Waals surface area contributed by atoms with Crippen molar-refractivity contribution in [1.29, 1.82) is 16.1 Å². The number of amidine groups is 1. The van der Waals surface area contributed by atoms with Crippen molar-refractivity contribution in [1.82, 2.24) is 9.91 Å². The predicted octanol–water partition coefficient (Wildman–Crippen LogP) is 1.35. The van der Waals surface area contributed by atoms with Crippen LogP contribution >= 0.6 is 0 Å². The lowest BCUT2D eigenvalue weighted by molar-refractivity contribution is 0.471. The van der Waals surface area contributed by atoms with Gasteiger partial charge in [0, 0.05) is 44.9 Å². The Morgan fingerprint density at radius 2 is 2.00 bits per heavy atom. The molecule has 1 aromatic rings. The molecule has 1 aromatic carbocycles. The van der Waals surface area contributed by atoms with Crippen LogP contribution in [0.1, 0.15) is 24.0 Å². The van der Waals surface area contributed by atoms with Crippen LogP contribution in [0.4, 0.5) is 5.69 Å². The number of nitrogens with two attached hydrogens (primary N) is 2. The summed E-state index contributed by atoms with van der Waals surface area (Å²) >= 11 is 0. The van der Waals surface area contributed by atoms with Gasteiger partial charge in [0.1, 0.15) is 11.9 Å². The second-order valence-corrected chi connectivity index (χ2v) is 6.36. The lowest BCUT2D eigenvalue weighted by Crippen LogP contribution is -2.41. The summed E-state index contributed by atoms with van der Waals surface area (Å²) in [5.74, 6) is 6.47. The smallest absolute Gasteiger partial charge is 0.104 e. The van der Waals surface area contributed by atoms with Gasteiger partial charge in [0.25, 0.3) is 0 Å². The highest BCUT2D eigenvalue weighted by Gasteiger charge is 2.27. The number of benzene rings is 1. The van der Waals surface area contributed by atoms with Crippen LogP contribution < -0.4 is 16.5 Å². The summed E-state index contributed by atoms with van der Waals surface area (Å²) in [5.41, 5.74) is 8.64. The second-order valence-electron chi connectivity index (χ2n) is 6.36. The Morgan fingerprint density at radius 1 is 1.35 bits per heavy atom. The number of hydrogen-bond acceptors (Lipinski definition) is 7. The molecule has 1 fully saturated rings. The molecule has 0 aromatic heterocycles. The van der Waals surface area contributed by atoms with Crippen LogP contribution in [-0.4, -0.2) is 49.3 Å². The maximum Gasteiger partial charge on any atom is 0.104 e. The largest absolute Gasteiger partial charge is 0.403 e. The number of para-hydroxylation sites is 1. The molecule has 0 unspecified atom stereocenters. The molecule has 0 aliphatic carbocycles. The number of nitriles is 1. The molecule has 26 heavy (non-hydrogen) atoms. The third kappa shape index (κ3) is 3.78. The van der Waals surface area contributed by atoms with Crippen LogP contribution in [0.15, 0.2) is 24.4 Å². The Balaban J connectivity index is 2.31. The molecule has 0 amide bonds. The summed E-state index contributed by atoms with van der Waals surface area (Å²) in [6, 6.07) is 7.79. The lowest BCUT2D eigenvalue weighted by atomic mass is 9.93. The second kappa shape index (κ2) is 8.36. The average molecular weight is 354 g/mol. The molecule has 6 N–H and O–H groups in total. The van der Waals surface area contributed by atoms with Crippen LogP contribution in [0.3, 0.4) is 0 Å². The molecule has 0 radical (unpaired) electrons. The third-order valence-electron chi connectivity index (χ3n) is 4.74. The standard InChI is InChI=1S/C18H26N8/c1-24(12-21)18(22)13-6-8-26(9-7-13)17-14(10-19)4-3-5-15(17)16(11-20)25(2)23/h3-5,11-13,21-22H,6-9,20,23H2,1-2H3/b16-11-,21-12?,22-18?. The first kappa shape index (κ1) is 19.3. The molecule has 1 saturated heterocycles. The van der Waals surface area contributed by atoms with E-state index in [-0.39, 0.29) is 5.92 Å². The van der Waals surface area contributed by atoms with Gasteiger partial charge >= 0.3 is 0 Å². The van der Waals surface area contributed by atoms with Crippen LogP contribution in [0.25, 0.3) is 5.70 Å². The summed E-state index contributed by atoms with van der Waals surface area (Å²) in [6.07, 6.45) is 4.18. The fourth-order valence-corrected chi connectivity index (χ4v) is 3.31. The van der Waals surface area contributed by atoms with E-state index in [1.165, 1.54) is 16.1 Å². The van der Waals surface area contributed by atoms with Gasteiger partial charge < -0.3 is 20.5 Å². The summed E-state index contributed by atoms with van der Waals surface area (Å²) in [7, 11) is 3.43. The van der Waals surface area contributed by atoms with Crippen molar-refractivity contribution in [2.45, 2.75) is 12.8 Å². The van der Waals surface area contributed by atoms with Gasteiger partial charge in [0.2, 0.25) is 0 Å². The number of hydrogen-bond donors (Lipinski definition) is 4. The summed E-state index contributed by atoms with van der Waals surface area (Å²) in [5, 5.41) is 26.5. The highest BCUT2D eigenvalue weighted by Crippen LogP contribution is 2.34. The monoisotopic (exact) mass is 354 g/mol. The number of hydrazine groups is 1. The predicted molar refractivity (Wildman–Crippen MR) is 104 cm³/mol. The Hall–Kier alpha value is -3.05. The summed E-state index contributed by atoms with van der Waals surface area (Å²) < 4.78 is 0. The van der Waals surface area contributed by atoms with Crippen LogP contribution in [-0.2, 0) is 0 Å². The lowest BCUT2D eigenvalue weighted by Gasteiger charge is -2.37. The van der Waals surface area contributed by atoms with Crippen molar-refractivity contribution >= 4 is 23.6 Å². The van der Waals surface area contributed by atoms with Crippen molar-refractivity contribution in [3.05, 3.63) is 35.5 Å². The fourth-order valence-electron chi connectivity index (χ4n) is 3.31. The van der Waals surface area contributed by atoms with E-state index in [1.54, 1.807) is 20.2 Å². The number of nitrogens with zero attached hydrogens (tertiary/aromatic N) is 4. The minimum absolute atomic E-state index is 0.109. The fraction of sp³-hybridized carbons (Fsp3) is 0.389. The Bertz CT molecular complexity index is 738. The van der Waals surface area contributed by atoms with Gasteiger partial charge in [-0.05, 0) is 18.9 Å². The number of nitrogens with one attached hydrogen (secondary N) is 2. The van der Waals surface area contributed by atoms with Crippen molar-refractivity contribution in [3.63, 3.8) is 0 Å². The first-order valence-electron chi connectivity index (χ1n) is 8.45. The topological polar surface area (TPSA) is 133 Å². The van der Waals surface area contributed by atoms with Crippen LogP contribution in [0.2, 0.25) is 0 Å². The molecular weight excluding hydrogens is 328 g/mol. The quantitative estimate of drug-likeness (QED) is 0.273. The van der Waals surface area contributed by atoms with Crippen molar-refractivity contribution < 1.29 is 0 Å². The van der Waals surface area contributed by atoms with E-state index in [4.69, 9.17) is 22.4 Å². The summed E-state index contributed by atoms with van der Waals surface area (Å²) in [4.78, 5) is 3.70. The van der Waals surface area contributed by atoms with Gasteiger partial charge in [0.15, 0.2) is 0 Å². The molecule has 8 heteroatoms. The van der Waals surface area contributed by atoms with E-state index in [0.717, 1.165) is 43.5 Å². The molecule has 8 nitrogen and oxygen atoms in total. The molecule has 1 heterocycles. The number of rotatable bonds is 5. The van der Waals surface area contributed by atoms with Gasteiger partial charge in [-0.3, -0.25) is 10.8 Å². The minimum Gasteiger partial charge on any atom is -0.403 e. The minimum atomic E-state index is 0.109. The van der Waals surface area contributed by atoms with Gasteiger partial charge in [-0.15, -0.1) is 0 Å². The van der Waals surface area contributed by atoms with Gasteiger partial charge in [-0.2, -0.15) is 5.26 Å². The maximum absolute atomic E-state index is 9.57. The first-order valence-corrected chi connectivity index (χ1v) is 8.45. The van der Waals surface area contributed by atoms with Crippen molar-refractivity contribution in [2.24, 2.45) is 17.5 Å². The van der Waals surface area contributed by atoms with Gasteiger partial charge in [0.05, 0.1) is 23.3 Å². The van der Waals surface area contributed by atoms with E-state index >= 15 is 0 Å². The molecular formula is C18H26N8. The maximum atomic E-state index is 9.57. The molecule has 0 saturated carbocycles. The molecule has 0 bridgehead atoms. The molecule has 2 rings (SSSR count). The van der Waals surface area contributed by atoms with E-state index in [1.807, 2.05) is 12.1 Å². The Morgan fingerprint density at radius 3 is 2.50 bits per heavy atom. The first-order chi connectivity index (χ1) is 12.4. The third-order valence-corrected chi connectivity index (χ3v) is 4.74.